The van der Waals surface area contributed by atoms with Crippen LogP contribution in [0.15, 0.2) is 34.2 Å². The van der Waals surface area contributed by atoms with Crippen LogP contribution in [0.5, 0.6) is 0 Å². The molecule has 0 fully saturated rings. The minimum atomic E-state index is -0.192. The molecule has 0 aliphatic rings. The van der Waals surface area contributed by atoms with E-state index in [0.29, 0.717) is 5.02 Å². The normalized spacial score (nSPS) is 12.4. The standard InChI is InChI=1S/C11H10BrClN2OS/c12-8-5-7(1-2-9(8)13)15-10(6-16)11-14-3-4-17-11/h1-5,10,15-16H,6H2. The van der Waals surface area contributed by atoms with Crippen LogP contribution in [0.1, 0.15) is 11.0 Å². The molecular formula is C11H10BrClN2OS. The highest BCUT2D eigenvalue weighted by atomic mass is 79.9. The quantitative estimate of drug-likeness (QED) is 0.896. The Labute approximate surface area is 117 Å². The maximum absolute atomic E-state index is 9.35. The second-order valence-electron chi connectivity index (χ2n) is 3.38. The number of hydrogen-bond acceptors (Lipinski definition) is 4. The average Bonchev–Trinajstić information content (AvgIpc) is 2.84. The summed E-state index contributed by atoms with van der Waals surface area (Å²) in [6.07, 6.45) is 1.72. The number of aliphatic hydroxyl groups is 1. The van der Waals surface area contributed by atoms with E-state index in [1.165, 1.54) is 11.3 Å². The molecule has 0 aliphatic heterocycles. The van der Waals surface area contributed by atoms with Gasteiger partial charge in [0.05, 0.1) is 11.6 Å². The Morgan fingerprint density at radius 2 is 2.35 bits per heavy atom. The van der Waals surface area contributed by atoms with Gasteiger partial charge < -0.3 is 10.4 Å². The molecule has 2 N–H and O–H groups in total. The van der Waals surface area contributed by atoms with Crippen LogP contribution in [-0.2, 0) is 0 Å². The van der Waals surface area contributed by atoms with Crippen LogP contribution in [0.2, 0.25) is 5.02 Å². The molecule has 1 aromatic heterocycles. The van der Waals surface area contributed by atoms with Gasteiger partial charge in [-0.2, -0.15) is 0 Å². The highest BCUT2D eigenvalue weighted by Crippen LogP contribution is 2.28. The second-order valence-corrected chi connectivity index (χ2v) is 5.57. The van der Waals surface area contributed by atoms with Gasteiger partial charge >= 0.3 is 0 Å². The van der Waals surface area contributed by atoms with Gasteiger partial charge in [0, 0.05) is 21.7 Å². The molecule has 0 aliphatic carbocycles. The SMILES string of the molecule is OCC(Nc1ccc(Cl)c(Br)c1)c1nccs1. The fourth-order valence-electron chi connectivity index (χ4n) is 1.38. The van der Waals surface area contributed by atoms with Crippen molar-refractivity contribution in [1.82, 2.24) is 4.98 Å². The molecule has 6 heteroatoms. The summed E-state index contributed by atoms with van der Waals surface area (Å²) in [7, 11) is 0. The van der Waals surface area contributed by atoms with Crippen LogP contribution < -0.4 is 5.32 Å². The Morgan fingerprint density at radius 1 is 1.53 bits per heavy atom. The topological polar surface area (TPSA) is 45.1 Å². The molecule has 0 amide bonds. The van der Waals surface area contributed by atoms with Crippen LogP contribution in [-0.4, -0.2) is 16.7 Å². The largest absolute Gasteiger partial charge is 0.394 e. The van der Waals surface area contributed by atoms with E-state index in [1.807, 2.05) is 17.5 Å². The Morgan fingerprint density at radius 3 is 2.94 bits per heavy atom. The summed E-state index contributed by atoms with van der Waals surface area (Å²) in [5.74, 6) is 0. The van der Waals surface area contributed by atoms with Crippen molar-refractivity contribution in [1.29, 1.82) is 0 Å². The van der Waals surface area contributed by atoms with Crippen molar-refractivity contribution < 1.29 is 5.11 Å². The number of nitrogens with one attached hydrogen (secondary N) is 1. The predicted molar refractivity (Wildman–Crippen MR) is 74.7 cm³/mol. The van der Waals surface area contributed by atoms with Crippen molar-refractivity contribution in [2.24, 2.45) is 0 Å². The third-order valence-corrected chi connectivity index (χ3v) is 4.30. The van der Waals surface area contributed by atoms with Gasteiger partial charge in [-0.05, 0) is 34.1 Å². The van der Waals surface area contributed by atoms with Crippen molar-refractivity contribution in [3.63, 3.8) is 0 Å². The number of rotatable bonds is 4. The fraction of sp³-hybridized carbons (Fsp3) is 0.182. The van der Waals surface area contributed by atoms with Crippen molar-refractivity contribution in [2.75, 3.05) is 11.9 Å². The molecule has 0 bridgehead atoms. The first kappa shape index (κ1) is 12.8. The van der Waals surface area contributed by atoms with E-state index in [-0.39, 0.29) is 12.6 Å². The van der Waals surface area contributed by atoms with Crippen LogP contribution in [0.3, 0.4) is 0 Å². The number of halogens is 2. The molecule has 1 unspecified atom stereocenters. The second kappa shape index (κ2) is 5.82. The number of benzene rings is 1. The first-order valence-corrected chi connectivity index (χ1v) is 6.97. The number of hydrogen-bond donors (Lipinski definition) is 2. The van der Waals surface area contributed by atoms with Crippen molar-refractivity contribution in [2.45, 2.75) is 6.04 Å². The van der Waals surface area contributed by atoms with Crippen LogP contribution in [0.4, 0.5) is 5.69 Å². The zero-order valence-corrected chi connectivity index (χ0v) is 11.9. The van der Waals surface area contributed by atoms with Gasteiger partial charge in [0.25, 0.3) is 0 Å². The number of aliphatic hydroxyl groups excluding tert-OH is 1. The number of aromatic nitrogens is 1. The van der Waals surface area contributed by atoms with Gasteiger partial charge in [-0.25, -0.2) is 4.98 Å². The van der Waals surface area contributed by atoms with Crippen molar-refractivity contribution in [3.8, 4) is 0 Å². The molecule has 17 heavy (non-hydrogen) atoms. The Bertz CT molecular complexity index is 492. The summed E-state index contributed by atoms with van der Waals surface area (Å²) in [6, 6.07) is 5.34. The Balaban J connectivity index is 2.16. The molecule has 2 rings (SSSR count). The lowest BCUT2D eigenvalue weighted by Gasteiger charge is -2.15. The molecule has 1 aromatic carbocycles. The average molecular weight is 334 g/mol. The summed E-state index contributed by atoms with van der Waals surface area (Å²) >= 11 is 10.8. The predicted octanol–water partition coefficient (Wildman–Crippen LogP) is 3.70. The van der Waals surface area contributed by atoms with E-state index in [2.05, 4.69) is 26.2 Å². The highest BCUT2D eigenvalue weighted by Gasteiger charge is 2.13. The van der Waals surface area contributed by atoms with Gasteiger partial charge in [-0.15, -0.1) is 11.3 Å². The molecule has 3 nitrogen and oxygen atoms in total. The first-order valence-electron chi connectivity index (χ1n) is 4.92. The van der Waals surface area contributed by atoms with E-state index in [1.54, 1.807) is 12.3 Å². The summed E-state index contributed by atoms with van der Waals surface area (Å²) < 4.78 is 0.819. The molecular weight excluding hydrogens is 324 g/mol. The summed E-state index contributed by atoms with van der Waals surface area (Å²) in [4.78, 5) is 4.18. The molecule has 0 saturated heterocycles. The van der Waals surface area contributed by atoms with E-state index in [4.69, 9.17) is 11.6 Å². The Hall–Kier alpha value is -0.620. The lowest BCUT2D eigenvalue weighted by atomic mass is 10.2. The highest BCUT2D eigenvalue weighted by molar-refractivity contribution is 9.10. The van der Waals surface area contributed by atoms with E-state index < -0.39 is 0 Å². The molecule has 90 valence electrons. The van der Waals surface area contributed by atoms with Crippen LogP contribution in [0, 0.1) is 0 Å². The van der Waals surface area contributed by atoms with Crippen molar-refractivity contribution in [3.05, 3.63) is 44.3 Å². The molecule has 1 atom stereocenters. The van der Waals surface area contributed by atoms with Gasteiger partial charge in [0.15, 0.2) is 0 Å². The van der Waals surface area contributed by atoms with E-state index in [0.717, 1.165) is 15.2 Å². The maximum atomic E-state index is 9.35. The smallest absolute Gasteiger partial charge is 0.117 e. The van der Waals surface area contributed by atoms with Gasteiger partial charge in [0.1, 0.15) is 11.0 Å². The van der Waals surface area contributed by atoms with Crippen LogP contribution in [0.25, 0.3) is 0 Å². The fourth-order valence-corrected chi connectivity index (χ4v) is 2.56. The number of nitrogens with zero attached hydrogens (tertiary/aromatic N) is 1. The van der Waals surface area contributed by atoms with E-state index in [9.17, 15) is 5.11 Å². The zero-order chi connectivity index (χ0) is 12.3. The lowest BCUT2D eigenvalue weighted by molar-refractivity contribution is 0.276. The third kappa shape index (κ3) is 3.19. The molecule has 0 saturated carbocycles. The molecule has 1 heterocycles. The summed E-state index contributed by atoms with van der Waals surface area (Å²) in [6.45, 7) is -0.00619. The lowest BCUT2D eigenvalue weighted by Crippen LogP contribution is -2.14. The molecule has 0 spiro atoms. The van der Waals surface area contributed by atoms with E-state index >= 15 is 0 Å². The maximum Gasteiger partial charge on any atom is 0.117 e. The summed E-state index contributed by atoms with van der Waals surface area (Å²) in [5.41, 5.74) is 0.885. The first-order chi connectivity index (χ1) is 8.20. The Kier molecular flexibility index (Phi) is 4.39. The van der Waals surface area contributed by atoms with Gasteiger partial charge in [-0.3, -0.25) is 0 Å². The van der Waals surface area contributed by atoms with Crippen molar-refractivity contribution >= 4 is 44.6 Å². The molecule has 0 radical (unpaired) electrons. The number of anilines is 1. The summed E-state index contributed by atoms with van der Waals surface area (Å²) in [5, 5.41) is 16.0. The van der Waals surface area contributed by atoms with Gasteiger partial charge in [0.2, 0.25) is 0 Å². The van der Waals surface area contributed by atoms with Crippen LogP contribution >= 0.6 is 38.9 Å². The zero-order valence-electron chi connectivity index (χ0n) is 8.73. The minimum Gasteiger partial charge on any atom is -0.394 e. The monoisotopic (exact) mass is 332 g/mol. The molecule has 2 aromatic rings. The third-order valence-electron chi connectivity index (χ3n) is 2.19. The number of thiazole rings is 1. The van der Waals surface area contributed by atoms with Gasteiger partial charge in [-0.1, -0.05) is 11.6 Å². The minimum absolute atomic E-state index is 0.00619.